The van der Waals surface area contributed by atoms with Crippen LogP contribution in [0, 0.1) is 5.92 Å². The molecule has 3 amide bonds. The molecule has 9 heteroatoms. The SMILES string of the molecule is C[C@@H]1CCCC[C@@H]1NC(=O)NC(=O)Cn1c(C(F)(F)F)nc2ccccc21. The van der Waals surface area contributed by atoms with Crippen LogP contribution >= 0.6 is 0 Å². The Kier molecular flexibility index (Phi) is 5.38. The van der Waals surface area contributed by atoms with Gasteiger partial charge in [0, 0.05) is 6.04 Å². The lowest BCUT2D eigenvalue weighted by molar-refractivity contribution is -0.147. The van der Waals surface area contributed by atoms with Gasteiger partial charge in [-0.15, -0.1) is 0 Å². The van der Waals surface area contributed by atoms with Crippen molar-refractivity contribution in [3.8, 4) is 0 Å². The number of nitrogens with zero attached hydrogens (tertiary/aromatic N) is 2. The molecule has 6 nitrogen and oxygen atoms in total. The van der Waals surface area contributed by atoms with Crippen LogP contribution in [-0.4, -0.2) is 27.5 Å². The fraction of sp³-hybridized carbons (Fsp3) is 0.500. The average Bonchev–Trinajstić information content (AvgIpc) is 2.96. The minimum absolute atomic E-state index is 0.0358. The molecule has 0 radical (unpaired) electrons. The number of aromatic nitrogens is 2. The van der Waals surface area contributed by atoms with Crippen molar-refractivity contribution in [2.24, 2.45) is 5.92 Å². The molecule has 1 saturated carbocycles. The van der Waals surface area contributed by atoms with E-state index in [9.17, 15) is 22.8 Å². The molecule has 1 fully saturated rings. The van der Waals surface area contributed by atoms with Crippen molar-refractivity contribution in [2.75, 3.05) is 0 Å². The average molecular weight is 382 g/mol. The Bertz CT molecular complexity index is 847. The predicted molar refractivity (Wildman–Crippen MR) is 92.8 cm³/mol. The second-order valence-electron chi connectivity index (χ2n) is 6.90. The minimum Gasteiger partial charge on any atom is -0.335 e. The number of hydrogen-bond donors (Lipinski definition) is 2. The molecule has 1 aliphatic rings. The molecule has 3 rings (SSSR count). The summed E-state index contributed by atoms with van der Waals surface area (Å²) in [6.45, 7) is 1.38. The topological polar surface area (TPSA) is 76.0 Å². The van der Waals surface area contributed by atoms with Crippen LogP contribution in [0.4, 0.5) is 18.0 Å². The van der Waals surface area contributed by atoms with Crippen molar-refractivity contribution in [1.29, 1.82) is 0 Å². The van der Waals surface area contributed by atoms with Crippen LogP contribution in [0.25, 0.3) is 11.0 Å². The third-order valence-corrected chi connectivity index (χ3v) is 4.89. The van der Waals surface area contributed by atoms with E-state index in [1.54, 1.807) is 12.1 Å². The summed E-state index contributed by atoms with van der Waals surface area (Å²) in [7, 11) is 0. The van der Waals surface area contributed by atoms with Gasteiger partial charge in [-0.05, 0) is 30.9 Å². The highest BCUT2D eigenvalue weighted by molar-refractivity contribution is 5.95. The summed E-state index contributed by atoms with van der Waals surface area (Å²) in [5.74, 6) is -1.70. The molecule has 2 N–H and O–H groups in total. The third-order valence-electron chi connectivity index (χ3n) is 4.89. The van der Waals surface area contributed by atoms with Gasteiger partial charge >= 0.3 is 12.2 Å². The fourth-order valence-corrected chi connectivity index (χ4v) is 3.50. The molecule has 1 aliphatic carbocycles. The summed E-state index contributed by atoms with van der Waals surface area (Å²) in [6.07, 6.45) is -0.784. The van der Waals surface area contributed by atoms with E-state index in [0.29, 0.717) is 5.92 Å². The van der Waals surface area contributed by atoms with Gasteiger partial charge < -0.3 is 9.88 Å². The summed E-state index contributed by atoms with van der Waals surface area (Å²) in [4.78, 5) is 27.8. The molecule has 146 valence electrons. The lowest BCUT2D eigenvalue weighted by Gasteiger charge is -2.29. The molecule has 0 unspecified atom stereocenters. The summed E-state index contributed by atoms with van der Waals surface area (Å²) >= 11 is 0. The summed E-state index contributed by atoms with van der Waals surface area (Å²) in [5.41, 5.74) is 0.319. The Morgan fingerprint density at radius 3 is 2.63 bits per heavy atom. The van der Waals surface area contributed by atoms with Crippen molar-refractivity contribution >= 4 is 23.0 Å². The van der Waals surface area contributed by atoms with Crippen LogP contribution < -0.4 is 10.6 Å². The van der Waals surface area contributed by atoms with Crippen LogP contribution in [0.3, 0.4) is 0 Å². The van der Waals surface area contributed by atoms with Crippen LogP contribution in [0.5, 0.6) is 0 Å². The van der Waals surface area contributed by atoms with Gasteiger partial charge in [-0.2, -0.15) is 13.2 Å². The molecule has 1 heterocycles. The molecular formula is C18H21F3N4O2. The van der Waals surface area contributed by atoms with Gasteiger partial charge in [-0.25, -0.2) is 9.78 Å². The van der Waals surface area contributed by atoms with E-state index in [2.05, 4.69) is 15.6 Å². The van der Waals surface area contributed by atoms with E-state index >= 15 is 0 Å². The van der Waals surface area contributed by atoms with E-state index in [1.807, 2.05) is 6.92 Å². The van der Waals surface area contributed by atoms with E-state index < -0.39 is 30.5 Å². The van der Waals surface area contributed by atoms with Crippen LogP contribution in [0.1, 0.15) is 38.4 Å². The smallest absolute Gasteiger partial charge is 0.335 e. The highest BCUT2D eigenvalue weighted by atomic mass is 19.4. The minimum atomic E-state index is -4.71. The number of fused-ring (bicyclic) bond motifs is 1. The Morgan fingerprint density at radius 2 is 1.93 bits per heavy atom. The maximum Gasteiger partial charge on any atom is 0.449 e. The molecular weight excluding hydrogens is 361 g/mol. The maximum absolute atomic E-state index is 13.3. The molecule has 27 heavy (non-hydrogen) atoms. The number of rotatable bonds is 3. The first-order chi connectivity index (χ1) is 12.8. The molecule has 0 spiro atoms. The number of para-hydroxylation sites is 2. The molecule has 1 aromatic heterocycles. The van der Waals surface area contributed by atoms with E-state index in [1.165, 1.54) is 12.1 Å². The number of imidazole rings is 1. The van der Waals surface area contributed by atoms with Gasteiger partial charge in [0.1, 0.15) is 6.54 Å². The highest BCUT2D eigenvalue weighted by Gasteiger charge is 2.38. The molecule has 1 aromatic carbocycles. The quantitative estimate of drug-likeness (QED) is 0.854. The number of halogens is 3. The number of nitrogens with one attached hydrogen (secondary N) is 2. The monoisotopic (exact) mass is 382 g/mol. The molecule has 2 atom stereocenters. The highest BCUT2D eigenvalue weighted by Crippen LogP contribution is 2.31. The summed E-state index contributed by atoms with van der Waals surface area (Å²) in [5, 5.41) is 4.87. The van der Waals surface area contributed by atoms with Gasteiger partial charge in [0.25, 0.3) is 0 Å². The zero-order valence-corrected chi connectivity index (χ0v) is 14.8. The largest absolute Gasteiger partial charge is 0.449 e. The Morgan fingerprint density at radius 1 is 1.22 bits per heavy atom. The van der Waals surface area contributed by atoms with E-state index in [4.69, 9.17) is 0 Å². The molecule has 2 aromatic rings. The first-order valence-corrected chi connectivity index (χ1v) is 8.88. The lowest BCUT2D eigenvalue weighted by atomic mass is 9.86. The second kappa shape index (κ2) is 7.58. The Hall–Kier alpha value is -2.58. The molecule has 0 saturated heterocycles. The van der Waals surface area contributed by atoms with Gasteiger partial charge in [0.05, 0.1) is 11.0 Å². The predicted octanol–water partition coefficient (Wildman–Crippen LogP) is 3.46. The van der Waals surface area contributed by atoms with Crippen molar-refractivity contribution < 1.29 is 22.8 Å². The molecule has 0 bridgehead atoms. The van der Waals surface area contributed by atoms with E-state index in [0.717, 1.165) is 30.3 Å². The first-order valence-electron chi connectivity index (χ1n) is 8.88. The van der Waals surface area contributed by atoms with Crippen molar-refractivity contribution in [2.45, 2.75) is 51.4 Å². The number of benzene rings is 1. The van der Waals surface area contributed by atoms with Gasteiger partial charge in [0.15, 0.2) is 0 Å². The number of alkyl halides is 3. The first kappa shape index (κ1) is 19.2. The number of urea groups is 1. The third kappa shape index (κ3) is 4.40. The number of amides is 3. The van der Waals surface area contributed by atoms with Crippen LogP contribution in [0.15, 0.2) is 24.3 Å². The van der Waals surface area contributed by atoms with Gasteiger partial charge in [-0.1, -0.05) is 31.9 Å². The van der Waals surface area contributed by atoms with E-state index in [-0.39, 0.29) is 17.1 Å². The second-order valence-corrected chi connectivity index (χ2v) is 6.90. The van der Waals surface area contributed by atoms with Crippen molar-refractivity contribution in [3.63, 3.8) is 0 Å². The zero-order chi connectivity index (χ0) is 19.6. The van der Waals surface area contributed by atoms with Crippen LogP contribution in [0.2, 0.25) is 0 Å². The number of imide groups is 1. The lowest BCUT2D eigenvalue weighted by Crippen LogP contribution is -2.48. The fourth-order valence-electron chi connectivity index (χ4n) is 3.50. The standard InChI is InChI=1S/C18H21F3N4O2/c1-11-6-2-3-7-12(11)23-17(27)24-15(26)10-25-14-9-5-4-8-13(14)22-16(25)18(19,20)21/h4-5,8-9,11-12H,2-3,6-7,10H2,1H3,(H2,23,24,26,27)/t11-,12+/m1/s1. The Labute approximate surface area is 154 Å². The summed E-state index contributed by atoms with van der Waals surface area (Å²) in [6, 6.07) is 5.31. The van der Waals surface area contributed by atoms with Crippen molar-refractivity contribution in [1.82, 2.24) is 20.2 Å². The van der Waals surface area contributed by atoms with Gasteiger partial charge in [-0.3, -0.25) is 10.1 Å². The maximum atomic E-state index is 13.3. The molecule has 0 aliphatic heterocycles. The number of hydrogen-bond acceptors (Lipinski definition) is 3. The number of carbonyl (C=O) groups is 2. The summed E-state index contributed by atoms with van der Waals surface area (Å²) < 4.78 is 40.6. The van der Waals surface area contributed by atoms with Gasteiger partial charge in [0.2, 0.25) is 11.7 Å². The normalized spacial score (nSPS) is 20.4. The Balaban J connectivity index is 1.71. The zero-order valence-electron chi connectivity index (χ0n) is 14.8. The number of carbonyl (C=O) groups excluding carboxylic acids is 2. The van der Waals surface area contributed by atoms with Crippen molar-refractivity contribution in [3.05, 3.63) is 30.1 Å². The van der Waals surface area contributed by atoms with Crippen LogP contribution in [-0.2, 0) is 17.5 Å².